The number of rotatable bonds is 4. The molecular formula is C17H19NO2. The fourth-order valence-electron chi connectivity index (χ4n) is 2.26. The van der Waals surface area contributed by atoms with E-state index < -0.39 is 5.97 Å². The van der Waals surface area contributed by atoms with Crippen molar-refractivity contribution in [2.45, 2.75) is 20.3 Å². The van der Waals surface area contributed by atoms with E-state index in [2.05, 4.69) is 36.1 Å². The predicted molar refractivity (Wildman–Crippen MR) is 82.0 cm³/mol. The van der Waals surface area contributed by atoms with Gasteiger partial charge in [0.15, 0.2) is 0 Å². The molecule has 2 rings (SSSR count). The number of anilines is 2. The molecule has 0 aliphatic heterocycles. The van der Waals surface area contributed by atoms with Gasteiger partial charge in [0, 0.05) is 18.4 Å². The molecule has 0 amide bonds. The van der Waals surface area contributed by atoms with Gasteiger partial charge in [-0.1, -0.05) is 19.1 Å². The fourth-order valence-corrected chi connectivity index (χ4v) is 2.26. The van der Waals surface area contributed by atoms with Gasteiger partial charge in [0.2, 0.25) is 0 Å². The Morgan fingerprint density at radius 1 is 1.15 bits per heavy atom. The quantitative estimate of drug-likeness (QED) is 0.911. The number of aryl methyl sites for hydroxylation is 2. The predicted octanol–water partition coefficient (Wildman–Crippen LogP) is 4.02. The summed E-state index contributed by atoms with van der Waals surface area (Å²) in [5.74, 6) is -0.894. The standard InChI is InChI=1S/C17H19NO2/c1-4-13-5-8-15(9-6-13)18(3)16-10-7-14(17(19)20)11-12(16)2/h5-11H,4H2,1-3H3,(H,19,20). The summed E-state index contributed by atoms with van der Waals surface area (Å²) in [7, 11) is 1.99. The van der Waals surface area contributed by atoms with Crippen molar-refractivity contribution in [1.29, 1.82) is 0 Å². The van der Waals surface area contributed by atoms with Crippen molar-refractivity contribution < 1.29 is 9.90 Å². The highest BCUT2D eigenvalue weighted by Crippen LogP contribution is 2.27. The number of hydrogen-bond donors (Lipinski definition) is 1. The number of carboxylic acids is 1. The maximum atomic E-state index is 11.0. The molecule has 0 atom stereocenters. The van der Waals surface area contributed by atoms with E-state index in [1.165, 1.54) is 5.56 Å². The third kappa shape index (κ3) is 2.82. The Morgan fingerprint density at radius 2 is 1.80 bits per heavy atom. The molecular weight excluding hydrogens is 250 g/mol. The number of carbonyl (C=O) groups is 1. The maximum absolute atomic E-state index is 11.0. The average Bonchev–Trinajstić information content (AvgIpc) is 2.46. The van der Waals surface area contributed by atoms with Crippen molar-refractivity contribution in [1.82, 2.24) is 0 Å². The lowest BCUT2D eigenvalue weighted by Gasteiger charge is -2.22. The molecule has 0 saturated carbocycles. The molecule has 3 heteroatoms. The van der Waals surface area contributed by atoms with Crippen LogP contribution in [0.1, 0.15) is 28.4 Å². The Labute approximate surface area is 119 Å². The minimum Gasteiger partial charge on any atom is -0.478 e. The van der Waals surface area contributed by atoms with Gasteiger partial charge < -0.3 is 10.0 Å². The maximum Gasteiger partial charge on any atom is 0.335 e. The van der Waals surface area contributed by atoms with Crippen molar-refractivity contribution >= 4 is 17.3 Å². The number of nitrogens with zero attached hydrogens (tertiary/aromatic N) is 1. The van der Waals surface area contributed by atoms with Crippen LogP contribution in [0.2, 0.25) is 0 Å². The van der Waals surface area contributed by atoms with Gasteiger partial charge in [-0.15, -0.1) is 0 Å². The highest BCUT2D eigenvalue weighted by Gasteiger charge is 2.10. The zero-order chi connectivity index (χ0) is 14.7. The summed E-state index contributed by atoms with van der Waals surface area (Å²) in [5.41, 5.74) is 4.68. The van der Waals surface area contributed by atoms with Crippen LogP contribution >= 0.6 is 0 Å². The van der Waals surface area contributed by atoms with Crippen LogP contribution in [0.5, 0.6) is 0 Å². The molecule has 0 saturated heterocycles. The second-order valence-electron chi connectivity index (χ2n) is 4.89. The molecule has 2 aromatic rings. The molecule has 3 nitrogen and oxygen atoms in total. The highest BCUT2D eigenvalue weighted by molar-refractivity contribution is 5.88. The van der Waals surface area contributed by atoms with Crippen LogP contribution in [0.3, 0.4) is 0 Å². The van der Waals surface area contributed by atoms with E-state index in [4.69, 9.17) is 5.11 Å². The Hall–Kier alpha value is -2.29. The van der Waals surface area contributed by atoms with E-state index in [0.717, 1.165) is 23.4 Å². The molecule has 0 fully saturated rings. The molecule has 0 bridgehead atoms. The Bertz CT molecular complexity index is 617. The van der Waals surface area contributed by atoms with Gasteiger partial charge in [0.05, 0.1) is 5.56 Å². The van der Waals surface area contributed by atoms with Crippen LogP contribution < -0.4 is 4.90 Å². The van der Waals surface area contributed by atoms with E-state index in [9.17, 15) is 4.79 Å². The van der Waals surface area contributed by atoms with E-state index in [1.54, 1.807) is 12.1 Å². The van der Waals surface area contributed by atoms with Crippen LogP contribution in [-0.2, 0) is 6.42 Å². The summed E-state index contributed by atoms with van der Waals surface area (Å²) in [5, 5.41) is 9.00. The first-order valence-electron chi connectivity index (χ1n) is 6.69. The number of hydrogen-bond acceptors (Lipinski definition) is 2. The average molecular weight is 269 g/mol. The normalized spacial score (nSPS) is 10.3. The molecule has 0 aromatic heterocycles. The lowest BCUT2D eigenvalue weighted by Crippen LogP contribution is -2.11. The summed E-state index contributed by atoms with van der Waals surface area (Å²) in [4.78, 5) is 13.0. The zero-order valence-electron chi connectivity index (χ0n) is 12.1. The Kier molecular flexibility index (Phi) is 4.08. The van der Waals surface area contributed by atoms with E-state index >= 15 is 0 Å². The van der Waals surface area contributed by atoms with Gasteiger partial charge in [0.1, 0.15) is 0 Å². The molecule has 20 heavy (non-hydrogen) atoms. The summed E-state index contributed by atoms with van der Waals surface area (Å²) in [6.07, 6.45) is 1.02. The fraction of sp³-hybridized carbons (Fsp3) is 0.235. The summed E-state index contributed by atoms with van der Waals surface area (Å²) in [6.45, 7) is 4.06. The van der Waals surface area contributed by atoms with Gasteiger partial charge in [0.25, 0.3) is 0 Å². The largest absolute Gasteiger partial charge is 0.478 e. The highest BCUT2D eigenvalue weighted by atomic mass is 16.4. The minimum atomic E-state index is -0.894. The van der Waals surface area contributed by atoms with Crippen molar-refractivity contribution in [3.63, 3.8) is 0 Å². The number of aromatic carboxylic acids is 1. The summed E-state index contributed by atoms with van der Waals surface area (Å²) in [6, 6.07) is 13.6. The Morgan fingerprint density at radius 3 is 2.30 bits per heavy atom. The first kappa shape index (κ1) is 14.1. The van der Waals surface area contributed by atoms with Crippen molar-refractivity contribution in [2.24, 2.45) is 0 Å². The molecule has 0 aliphatic rings. The molecule has 0 radical (unpaired) electrons. The van der Waals surface area contributed by atoms with Crippen molar-refractivity contribution in [2.75, 3.05) is 11.9 Å². The smallest absolute Gasteiger partial charge is 0.335 e. The van der Waals surface area contributed by atoms with Gasteiger partial charge in [-0.25, -0.2) is 4.79 Å². The molecule has 1 N–H and O–H groups in total. The van der Waals surface area contributed by atoms with Crippen LogP contribution in [0, 0.1) is 6.92 Å². The monoisotopic (exact) mass is 269 g/mol. The van der Waals surface area contributed by atoms with E-state index in [-0.39, 0.29) is 0 Å². The Balaban J connectivity index is 2.32. The third-order valence-corrected chi connectivity index (χ3v) is 3.54. The first-order chi connectivity index (χ1) is 9.52. The van der Waals surface area contributed by atoms with Gasteiger partial charge >= 0.3 is 5.97 Å². The van der Waals surface area contributed by atoms with Crippen LogP contribution in [0.15, 0.2) is 42.5 Å². The summed E-state index contributed by atoms with van der Waals surface area (Å²) < 4.78 is 0. The molecule has 104 valence electrons. The van der Waals surface area contributed by atoms with Gasteiger partial charge in [-0.2, -0.15) is 0 Å². The van der Waals surface area contributed by atoms with Crippen LogP contribution in [-0.4, -0.2) is 18.1 Å². The third-order valence-electron chi connectivity index (χ3n) is 3.54. The zero-order valence-corrected chi connectivity index (χ0v) is 12.1. The lowest BCUT2D eigenvalue weighted by atomic mass is 10.1. The molecule has 2 aromatic carbocycles. The molecule has 0 aliphatic carbocycles. The molecule has 0 heterocycles. The topological polar surface area (TPSA) is 40.5 Å². The van der Waals surface area contributed by atoms with Crippen LogP contribution in [0.25, 0.3) is 0 Å². The van der Waals surface area contributed by atoms with Gasteiger partial charge in [-0.3, -0.25) is 0 Å². The lowest BCUT2D eigenvalue weighted by molar-refractivity contribution is 0.0697. The molecule has 0 spiro atoms. The SMILES string of the molecule is CCc1ccc(N(C)c2ccc(C(=O)O)cc2C)cc1. The van der Waals surface area contributed by atoms with Gasteiger partial charge in [-0.05, 0) is 54.8 Å². The van der Waals surface area contributed by atoms with Crippen LogP contribution in [0.4, 0.5) is 11.4 Å². The molecule has 0 unspecified atom stereocenters. The van der Waals surface area contributed by atoms with E-state index in [1.807, 2.05) is 20.0 Å². The van der Waals surface area contributed by atoms with Crippen molar-refractivity contribution in [3.8, 4) is 0 Å². The first-order valence-corrected chi connectivity index (χ1v) is 6.69. The minimum absolute atomic E-state index is 0.320. The number of carboxylic acid groups (broad SMARTS) is 1. The van der Waals surface area contributed by atoms with Crippen molar-refractivity contribution in [3.05, 3.63) is 59.2 Å². The second-order valence-corrected chi connectivity index (χ2v) is 4.89. The van der Waals surface area contributed by atoms with E-state index in [0.29, 0.717) is 5.56 Å². The summed E-state index contributed by atoms with van der Waals surface area (Å²) >= 11 is 0. The number of benzene rings is 2. The second kappa shape index (κ2) is 5.78.